The summed E-state index contributed by atoms with van der Waals surface area (Å²) in [6.07, 6.45) is 3.87. The van der Waals surface area contributed by atoms with Crippen molar-refractivity contribution in [2.75, 3.05) is 6.54 Å². The molecule has 4 nitrogen and oxygen atoms in total. The largest absolute Gasteiger partial charge is 0.326 e. The number of quaternary nitrogens is 1. The quantitative estimate of drug-likeness (QED) is 0.840. The second-order valence-corrected chi connectivity index (χ2v) is 5.51. The summed E-state index contributed by atoms with van der Waals surface area (Å²) in [7, 11) is 0. The lowest BCUT2D eigenvalue weighted by atomic mass is 10.0. The minimum atomic E-state index is -0.0235. The third kappa shape index (κ3) is 2.54. The molecule has 1 aromatic heterocycles. The molecule has 1 unspecified atom stereocenters. The highest BCUT2D eigenvalue weighted by Gasteiger charge is 2.22. The Morgan fingerprint density at radius 1 is 1.37 bits per heavy atom. The van der Waals surface area contributed by atoms with Gasteiger partial charge in [0.15, 0.2) is 5.82 Å². The molecule has 0 aliphatic carbocycles. The van der Waals surface area contributed by atoms with Crippen molar-refractivity contribution in [1.82, 2.24) is 9.97 Å². The van der Waals surface area contributed by atoms with Crippen LogP contribution in [0.5, 0.6) is 0 Å². The van der Waals surface area contributed by atoms with Gasteiger partial charge in [-0.1, -0.05) is 12.1 Å². The van der Waals surface area contributed by atoms with Crippen molar-refractivity contribution in [3.8, 4) is 0 Å². The summed E-state index contributed by atoms with van der Waals surface area (Å²) >= 11 is 0. The lowest BCUT2D eigenvalue weighted by Gasteiger charge is -2.29. The first-order valence-electron chi connectivity index (χ1n) is 7.06. The molecule has 19 heavy (non-hydrogen) atoms. The minimum Gasteiger partial charge on any atom is -0.326 e. The van der Waals surface area contributed by atoms with E-state index in [1.807, 2.05) is 24.3 Å². The first-order valence-corrected chi connectivity index (χ1v) is 7.06. The maximum atomic E-state index is 12.0. The zero-order valence-electron chi connectivity index (χ0n) is 11.3. The van der Waals surface area contributed by atoms with Crippen LogP contribution in [0.2, 0.25) is 0 Å². The molecule has 2 N–H and O–H groups in total. The Morgan fingerprint density at radius 2 is 2.21 bits per heavy atom. The summed E-state index contributed by atoms with van der Waals surface area (Å²) in [6.45, 7) is 4.28. The molecule has 1 aliphatic heterocycles. The maximum absolute atomic E-state index is 12.0. The van der Waals surface area contributed by atoms with Crippen LogP contribution in [-0.4, -0.2) is 22.6 Å². The Balaban J connectivity index is 1.91. The third-order valence-electron chi connectivity index (χ3n) is 4.14. The summed E-state index contributed by atoms with van der Waals surface area (Å²) in [5.41, 5.74) is 0.773. The zero-order chi connectivity index (χ0) is 13.2. The van der Waals surface area contributed by atoms with Crippen molar-refractivity contribution in [3.05, 3.63) is 40.4 Å². The van der Waals surface area contributed by atoms with Gasteiger partial charge in [0.1, 0.15) is 6.54 Å². The zero-order valence-corrected chi connectivity index (χ0v) is 11.3. The van der Waals surface area contributed by atoms with Gasteiger partial charge in [-0.15, -0.1) is 0 Å². The summed E-state index contributed by atoms with van der Waals surface area (Å²) in [5.74, 6) is 0.812. The average molecular weight is 258 g/mol. The van der Waals surface area contributed by atoms with Crippen molar-refractivity contribution in [2.45, 2.75) is 38.8 Å². The van der Waals surface area contributed by atoms with Crippen molar-refractivity contribution in [3.63, 3.8) is 0 Å². The van der Waals surface area contributed by atoms with E-state index >= 15 is 0 Å². The van der Waals surface area contributed by atoms with E-state index in [4.69, 9.17) is 0 Å². The number of fused-ring (bicyclic) bond motifs is 1. The summed E-state index contributed by atoms with van der Waals surface area (Å²) in [6, 6.07) is 8.18. The first kappa shape index (κ1) is 12.4. The molecule has 0 spiro atoms. The van der Waals surface area contributed by atoms with Gasteiger partial charge >= 0.3 is 0 Å². The third-order valence-corrected chi connectivity index (χ3v) is 4.14. The monoisotopic (exact) mass is 258 g/mol. The second-order valence-electron chi connectivity index (χ2n) is 5.51. The van der Waals surface area contributed by atoms with Crippen LogP contribution in [0.1, 0.15) is 32.0 Å². The van der Waals surface area contributed by atoms with Gasteiger partial charge in [-0.3, -0.25) is 4.79 Å². The number of para-hydroxylation sites is 1. The molecule has 100 valence electrons. The van der Waals surface area contributed by atoms with Crippen LogP contribution in [0.4, 0.5) is 0 Å². The molecule has 0 amide bonds. The molecule has 1 aliphatic rings. The number of likely N-dealkylation sites (tertiary alicyclic amines) is 1. The van der Waals surface area contributed by atoms with Gasteiger partial charge in [-0.25, -0.2) is 4.98 Å². The first-order chi connectivity index (χ1) is 9.24. The predicted molar refractivity (Wildman–Crippen MR) is 75.2 cm³/mol. The molecular formula is C15H20N3O+. The highest BCUT2D eigenvalue weighted by atomic mass is 16.1. The van der Waals surface area contributed by atoms with E-state index in [-0.39, 0.29) is 5.56 Å². The predicted octanol–water partition coefficient (Wildman–Crippen LogP) is 0.880. The Morgan fingerprint density at radius 3 is 3.05 bits per heavy atom. The number of benzene rings is 1. The fraction of sp³-hybridized carbons (Fsp3) is 0.467. The highest BCUT2D eigenvalue weighted by Crippen LogP contribution is 2.06. The van der Waals surface area contributed by atoms with E-state index in [2.05, 4.69) is 16.9 Å². The Hall–Kier alpha value is -1.68. The molecule has 2 aromatic rings. The number of hydrogen-bond acceptors (Lipinski definition) is 2. The SMILES string of the molecule is C[C@@H]1CCCC[NH+]1Cc1nc2ccccc2c(=O)[nH]1. The van der Waals surface area contributed by atoms with Crippen molar-refractivity contribution < 1.29 is 4.90 Å². The Bertz CT molecular complexity index is 635. The van der Waals surface area contributed by atoms with Crippen LogP contribution in [0, 0.1) is 0 Å². The number of hydrogen-bond donors (Lipinski definition) is 2. The molecule has 0 radical (unpaired) electrons. The number of aromatic nitrogens is 2. The molecule has 1 fully saturated rings. The number of nitrogens with one attached hydrogen (secondary N) is 2. The van der Waals surface area contributed by atoms with E-state index in [0.717, 1.165) is 17.9 Å². The van der Waals surface area contributed by atoms with E-state index in [1.165, 1.54) is 30.7 Å². The molecule has 4 heteroatoms. The van der Waals surface area contributed by atoms with E-state index in [1.54, 1.807) is 0 Å². The molecule has 0 saturated carbocycles. The molecule has 0 bridgehead atoms. The van der Waals surface area contributed by atoms with Gasteiger partial charge in [-0.05, 0) is 38.3 Å². The van der Waals surface area contributed by atoms with Gasteiger partial charge in [-0.2, -0.15) is 0 Å². The van der Waals surface area contributed by atoms with E-state index < -0.39 is 0 Å². The second kappa shape index (κ2) is 5.13. The van der Waals surface area contributed by atoms with Gasteiger partial charge in [0.25, 0.3) is 5.56 Å². The standard InChI is InChI=1S/C15H19N3O/c1-11-6-4-5-9-18(11)10-14-16-13-8-3-2-7-12(13)15(19)17-14/h2-3,7-8,11H,4-6,9-10H2,1H3,(H,16,17,19)/p+1/t11-/m1/s1. The van der Waals surface area contributed by atoms with Gasteiger partial charge in [0, 0.05) is 0 Å². The Labute approximate surface area is 112 Å². The van der Waals surface area contributed by atoms with Crippen LogP contribution >= 0.6 is 0 Å². The van der Waals surface area contributed by atoms with Gasteiger partial charge < -0.3 is 9.88 Å². The van der Waals surface area contributed by atoms with Crippen LogP contribution in [0.15, 0.2) is 29.1 Å². The van der Waals surface area contributed by atoms with Gasteiger partial charge in [0.05, 0.1) is 23.5 Å². The average Bonchev–Trinajstić information content (AvgIpc) is 2.42. The number of rotatable bonds is 2. The molecule has 2 heterocycles. The molecule has 2 atom stereocenters. The van der Waals surface area contributed by atoms with E-state index in [0.29, 0.717) is 11.4 Å². The highest BCUT2D eigenvalue weighted by molar-refractivity contribution is 5.77. The van der Waals surface area contributed by atoms with Crippen molar-refractivity contribution in [1.29, 1.82) is 0 Å². The lowest BCUT2D eigenvalue weighted by Crippen LogP contribution is -3.15. The molecule has 1 saturated heterocycles. The fourth-order valence-electron chi connectivity index (χ4n) is 2.95. The van der Waals surface area contributed by atoms with Crippen molar-refractivity contribution >= 4 is 10.9 Å². The number of piperidine rings is 1. The van der Waals surface area contributed by atoms with Crippen LogP contribution in [0.3, 0.4) is 0 Å². The fourth-order valence-corrected chi connectivity index (χ4v) is 2.95. The number of H-pyrrole nitrogens is 1. The Kier molecular flexibility index (Phi) is 3.34. The molecule has 1 aromatic carbocycles. The van der Waals surface area contributed by atoms with Crippen LogP contribution in [0.25, 0.3) is 10.9 Å². The van der Waals surface area contributed by atoms with Crippen molar-refractivity contribution in [2.24, 2.45) is 0 Å². The molecular weight excluding hydrogens is 238 g/mol. The smallest absolute Gasteiger partial charge is 0.258 e. The number of aromatic amines is 1. The maximum Gasteiger partial charge on any atom is 0.258 e. The lowest BCUT2D eigenvalue weighted by molar-refractivity contribution is -0.942. The van der Waals surface area contributed by atoms with E-state index in [9.17, 15) is 4.79 Å². The van der Waals surface area contributed by atoms with Crippen LogP contribution in [-0.2, 0) is 6.54 Å². The summed E-state index contributed by atoms with van der Waals surface area (Å²) in [4.78, 5) is 21.1. The topological polar surface area (TPSA) is 50.2 Å². The number of nitrogens with zero attached hydrogens (tertiary/aromatic N) is 1. The van der Waals surface area contributed by atoms with Gasteiger partial charge in [0.2, 0.25) is 0 Å². The molecule has 3 rings (SSSR count). The minimum absolute atomic E-state index is 0.0235. The normalized spacial score (nSPS) is 23.6. The van der Waals surface area contributed by atoms with Crippen LogP contribution < -0.4 is 10.5 Å². The summed E-state index contributed by atoms with van der Waals surface area (Å²) in [5, 5.41) is 0.674. The summed E-state index contributed by atoms with van der Waals surface area (Å²) < 4.78 is 0.